The van der Waals surface area contributed by atoms with E-state index in [2.05, 4.69) is 23.7 Å². The molecule has 0 atom stereocenters. The first-order chi connectivity index (χ1) is 9.28. The topological polar surface area (TPSA) is 40.9 Å². The normalized spacial score (nSPS) is 19.7. The van der Waals surface area contributed by atoms with Crippen LogP contribution in [0, 0.1) is 0 Å². The zero-order chi connectivity index (χ0) is 13.3. The number of anilines is 1. The van der Waals surface area contributed by atoms with Gasteiger partial charge in [0.2, 0.25) is 0 Å². The van der Waals surface area contributed by atoms with E-state index in [0.717, 1.165) is 42.5 Å². The molecule has 0 aromatic carbocycles. The van der Waals surface area contributed by atoms with E-state index in [9.17, 15) is 0 Å². The number of rotatable bonds is 3. The van der Waals surface area contributed by atoms with Crippen LogP contribution in [-0.4, -0.2) is 23.7 Å². The van der Waals surface area contributed by atoms with E-state index < -0.39 is 0 Å². The van der Waals surface area contributed by atoms with Crippen molar-refractivity contribution in [1.82, 2.24) is 4.98 Å². The molecule has 4 heteroatoms. The summed E-state index contributed by atoms with van der Waals surface area (Å²) < 4.78 is 0. The summed E-state index contributed by atoms with van der Waals surface area (Å²) in [7, 11) is 0. The van der Waals surface area contributed by atoms with Gasteiger partial charge in [0.25, 0.3) is 0 Å². The molecule has 0 N–H and O–H groups in total. The van der Waals surface area contributed by atoms with Gasteiger partial charge in [0.1, 0.15) is 5.36 Å². The Morgan fingerprint density at radius 3 is 2.53 bits per heavy atom. The van der Waals surface area contributed by atoms with Crippen LogP contribution in [0.25, 0.3) is 0 Å². The number of fused-ring (bicyclic) bond motifs is 1. The van der Waals surface area contributed by atoms with Crippen molar-refractivity contribution in [2.75, 3.05) is 18.0 Å². The molecule has 1 aliphatic carbocycles. The quantitative estimate of drug-likeness (QED) is 0.830. The lowest BCUT2D eigenvalue weighted by molar-refractivity contribution is 0.309. The Morgan fingerprint density at radius 1 is 1.11 bits per heavy atom. The van der Waals surface area contributed by atoms with Crippen molar-refractivity contribution >= 4 is 5.82 Å². The van der Waals surface area contributed by atoms with Crippen LogP contribution in [0.2, 0.25) is 0 Å². The van der Waals surface area contributed by atoms with Crippen LogP contribution in [0.15, 0.2) is 22.2 Å². The van der Waals surface area contributed by atoms with Crippen molar-refractivity contribution in [3.63, 3.8) is 0 Å². The zero-order valence-electron chi connectivity index (χ0n) is 11.9. The molecule has 1 aliphatic heterocycles. The maximum atomic E-state index is 4.99. The molecule has 0 saturated heterocycles. The molecular formula is C15H22N4. The third-order valence-electron chi connectivity index (χ3n) is 4.25. The number of aromatic nitrogens is 1. The molecule has 4 nitrogen and oxygen atoms in total. The molecule has 2 heterocycles. The maximum Gasteiger partial charge on any atom is 0.156 e. The molecule has 1 spiro atoms. The first kappa shape index (κ1) is 12.6. The van der Waals surface area contributed by atoms with E-state index in [-0.39, 0.29) is 5.66 Å². The molecule has 0 radical (unpaired) electrons. The van der Waals surface area contributed by atoms with Crippen LogP contribution < -0.4 is 15.6 Å². The monoisotopic (exact) mass is 258 g/mol. The van der Waals surface area contributed by atoms with Crippen LogP contribution in [0.1, 0.15) is 46.0 Å². The van der Waals surface area contributed by atoms with Gasteiger partial charge in [0, 0.05) is 19.3 Å². The lowest BCUT2D eigenvalue weighted by Crippen LogP contribution is -2.34. The third-order valence-corrected chi connectivity index (χ3v) is 4.25. The van der Waals surface area contributed by atoms with Gasteiger partial charge < -0.3 is 4.90 Å². The summed E-state index contributed by atoms with van der Waals surface area (Å²) in [6.07, 6.45) is 7.88. The van der Waals surface area contributed by atoms with Gasteiger partial charge in [-0.25, -0.2) is 9.98 Å². The highest BCUT2D eigenvalue weighted by Crippen LogP contribution is 2.33. The van der Waals surface area contributed by atoms with Gasteiger partial charge in [-0.1, -0.05) is 6.42 Å². The summed E-state index contributed by atoms with van der Waals surface area (Å²) in [6.45, 7) is 6.24. The van der Waals surface area contributed by atoms with Crippen molar-refractivity contribution in [1.29, 1.82) is 0 Å². The number of hydrogen-bond donors (Lipinski definition) is 0. The first-order valence-corrected chi connectivity index (χ1v) is 7.48. The fourth-order valence-corrected chi connectivity index (χ4v) is 3.18. The Hall–Kier alpha value is -1.45. The van der Waals surface area contributed by atoms with E-state index in [1.807, 2.05) is 12.3 Å². The van der Waals surface area contributed by atoms with Crippen LogP contribution in [0.5, 0.6) is 0 Å². The first-order valence-electron chi connectivity index (χ1n) is 7.48. The highest BCUT2D eigenvalue weighted by atomic mass is 15.2. The van der Waals surface area contributed by atoms with E-state index in [4.69, 9.17) is 9.98 Å². The molecule has 1 aromatic heterocycles. The van der Waals surface area contributed by atoms with Crippen molar-refractivity contribution in [2.24, 2.45) is 9.98 Å². The molecule has 3 rings (SSSR count). The lowest BCUT2D eigenvalue weighted by atomic mass is 9.90. The van der Waals surface area contributed by atoms with Gasteiger partial charge in [0.05, 0.1) is 5.36 Å². The van der Waals surface area contributed by atoms with Gasteiger partial charge in [-0.2, -0.15) is 0 Å². The molecule has 19 heavy (non-hydrogen) atoms. The highest BCUT2D eigenvalue weighted by molar-refractivity contribution is 5.38. The molecule has 0 bridgehead atoms. The molecule has 102 valence electrons. The van der Waals surface area contributed by atoms with Gasteiger partial charge in [-0.15, -0.1) is 0 Å². The highest BCUT2D eigenvalue weighted by Gasteiger charge is 2.33. The van der Waals surface area contributed by atoms with Crippen LogP contribution >= 0.6 is 0 Å². The van der Waals surface area contributed by atoms with Crippen molar-refractivity contribution in [2.45, 2.75) is 51.6 Å². The molecule has 0 unspecified atom stereocenters. The lowest BCUT2D eigenvalue weighted by Gasteiger charge is -2.27. The predicted molar refractivity (Wildman–Crippen MR) is 75.9 cm³/mol. The number of hydrogen-bond acceptors (Lipinski definition) is 4. The fourth-order valence-electron chi connectivity index (χ4n) is 3.18. The Bertz CT molecular complexity index is 568. The fraction of sp³-hybridized carbons (Fsp3) is 0.667. The molecule has 1 saturated carbocycles. The van der Waals surface area contributed by atoms with Crippen LogP contribution in [-0.2, 0) is 0 Å². The van der Waals surface area contributed by atoms with Crippen molar-refractivity contribution in [3.05, 3.63) is 23.0 Å². The Labute approximate surface area is 114 Å². The van der Waals surface area contributed by atoms with E-state index >= 15 is 0 Å². The minimum atomic E-state index is -0.161. The Kier molecular flexibility index (Phi) is 3.25. The average Bonchev–Trinajstić information content (AvgIpc) is 2.79. The number of pyridine rings is 1. The third kappa shape index (κ3) is 2.13. The largest absolute Gasteiger partial charge is 0.355 e. The SMILES string of the molecule is CCN(CC)c1nccc2c1=NC1(CCCCC1)N=2. The summed E-state index contributed by atoms with van der Waals surface area (Å²) in [4.78, 5) is 16.7. The van der Waals surface area contributed by atoms with Gasteiger partial charge in [-0.3, -0.25) is 4.99 Å². The van der Waals surface area contributed by atoms with Gasteiger partial charge >= 0.3 is 0 Å². The molecule has 2 aliphatic rings. The molecule has 1 fully saturated rings. The molecule has 0 amide bonds. The van der Waals surface area contributed by atoms with Crippen LogP contribution in [0.3, 0.4) is 0 Å². The smallest absolute Gasteiger partial charge is 0.156 e. The second kappa shape index (κ2) is 4.91. The standard InChI is InChI=1S/C15H22N4/c1-3-19(4-2)14-13-12(8-11-16-14)17-15(18-13)9-6-5-7-10-15/h8,11H,3-7,9-10H2,1-2H3. The van der Waals surface area contributed by atoms with E-state index in [0.29, 0.717) is 0 Å². The summed E-state index contributed by atoms with van der Waals surface area (Å²) in [5, 5.41) is 2.06. The summed E-state index contributed by atoms with van der Waals surface area (Å²) in [5.41, 5.74) is -0.161. The van der Waals surface area contributed by atoms with Gasteiger partial charge in [-0.05, 0) is 45.6 Å². The minimum Gasteiger partial charge on any atom is -0.355 e. The summed E-state index contributed by atoms with van der Waals surface area (Å²) in [6, 6.07) is 2.01. The number of nitrogens with zero attached hydrogens (tertiary/aromatic N) is 4. The molecular weight excluding hydrogens is 236 g/mol. The Balaban J connectivity index is 2.09. The molecule has 1 aromatic rings. The van der Waals surface area contributed by atoms with Gasteiger partial charge in [0.15, 0.2) is 11.5 Å². The van der Waals surface area contributed by atoms with Crippen LogP contribution in [0.4, 0.5) is 5.82 Å². The van der Waals surface area contributed by atoms with E-state index in [1.54, 1.807) is 0 Å². The summed E-state index contributed by atoms with van der Waals surface area (Å²) in [5.74, 6) is 1.01. The van der Waals surface area contributed by atoms with Crippen molar-refractivity contribution < 1.29 is 0 Å². The average molecular weight is 258 g/mol. The summed E-state index contributed by atoms with van der Waals surface area (Å²) >= 11 is 0. The van der Waals surface area contributed by atoms with Crippen molar-refractivity contribution in [3.8, 4) is 0 Å². The second-order valence-electron chi connectivity index (χ2n) is 5.44. The maximum absolute atomic E-state index is 4.99. The zero-order valence-corrected chi connectivity index (χ0v) is 11.9. The van der Waals surface area contributed by atoms with E-state index in [1.165, 1.54) is 19.3 Å². The minimum absolute atomic E-state index is 0.161. The Morgan fingerprint density at radius 2 is 1.84 bits per heavy atom. The predicted octanol–water partition coefficient (Wildman–Crippen LogP) is 1.84. The second-order valence-corrected chi connectivity index (χ2v) is 5.44.